The van der Waals surface area contributed by atoms with Crippen LogP contribution in [0.4, 0.5) is 0 Å². The van der Waals surface area contributed by atoms with E-state index >= 15 is 0 Å². The van der Waals surface area contributed by atoms with Gasteiger partial charge in [-0.15, -0.1) is 0 Å². The molecule has 0 N–H and O–H groups in total. The van der Waals surface area contributed by atoms with Crippen LogP contribution in [0.5, 0.6) is 0 Å². The number of benzene rings is 1. The Morgan fingerprint density at radius 2 is 1.94 bits per heavy atom. The number of hydrogen-bond acceptors (Lipinski definition) is 1. The van der Waals surface area contributed by atoms with Gasteiger partial charge in [-0.2, -0.15) is 0 Å². The molecule has 0 saturated heterocycles. The SMILES string of the molecule is C=CCN=C([Te])C(CC=C)c1ccccc1. The van der Waals surface area contributed by atoms with Crippen molar-refractivity contribution in [1.82, 2.24) is 0 Å². The molecule has 0 spiro atoms. The number of aliphatic imine (C=N–C) groups is 1. The molecule has 1 unspecified atom stereocenters. The van der Waals surface area contributed by atoms with Crippen LogP contribution in [0.25, 0.3) is 0 Å². The molecule has 0 saturated carbocycles. The Morgan fingerprint density at radius 3 is 2.50 bits per heavy atom. The quantitative estimate of drug-likeness (QED) is 0.433. The summed E-state index contributed by atoms with van der Waals surface area (Å²) < 4.78 is 1.15. The number of hydrogen-bond donors (Lipinski definition) is 0. The van der Waals surface area contributed by atoms with Crippen molar-refractivity contribution >= 4 is 26.1 Å². The van der Waals surface area contributed by atoms with Gasteiger partial charge in [-0.05, 0) is 0 Å². The third-order valence-corrected chi connectivity index (χ3v) is 3.46. The predicted molar refractivity (Wildman–Crippen MR) is 72.3 cm³/mol. The van der Waals surface area contributed by atoms with Crippen LogP contribution in [0.1, 0.15) is 17.9 Å². The number of nitrogens with zero attached hydrogens (tertiary/aromatic N) is 1. The number of rotatable bonds is 6. The summed E-state index contributed by atoms with van der Waals surface area (Å²) in [6, 6.07) is 10.4. The molecule has 1 aromatic carbocycles. The Morgan fingerprint density at radius 1 is 1.25 bits per heavy atom. The van der Waals surface area contributed by atoms with Crippen molar-refractivity contribution in [3.63, 3.8) is 0 Å². The summed E-state index contributed by atoms with van der Waals surface area (Å²) in [6.07, 6.45) is 4.70. The van der Waals surface area contributed by atoms with E-state index in [1.54, 1.807) is 0 Å². The molecule has 1 nitrogen and oxygen atoms in total. The van der Waals surface area contributed by atoms with E-state index in [0.717, 1.165) is 10.2 Å². The van der Waals surface area contributed by atoms with Crippen LogP contribution in [-0.2, 0) is 0 Å². The monoisotopic (exact) mass is 328 g/mol. The van der Waals surface area contributed by atoms with Gasteiger partial charge in [0.05, 0.1) is 0 Å². The van der Waals surface area contributed by atoms with Crippen molar-refractivity contribution < 1.29 is 0 Å². The predicted octanol–water partition coefficient (Wildman–Crippen LogP) is 3.10. The second kappa shape index (κ2) is 7.44. The van der Waals surface area contributed by atoms with Crippen LogP contribution in [0.2, 0.25) is 0 Å². The molecule has 1 atom stereocenters. The van der Waals surface area contributed by atoms with Crippen molar-refractivity contribution in [2.75, 3.05) is 6.54 Å². The van der Waals surface area contributed by atoms with E-state index in [4.69, 9.17) is 0 Å². The molecule has 83 valence electrons. The molecule has 0 aromatic heterocycles. The zero-order chi connectivity index (χ0) is 11.8. The first-order chi connectivity index (χ1) is 7.79. The van der Waals surface area contributed by atoms with Crippen LogP contribution < -0.4 is 0 Å². The molecule has 0 amide bonds. The van der Waals surface area contributed by atoms with Gasteiger partial charge in [0.15, 0.2) is 0 Å². The van der Waals surface area contributed by atoms with E-state index in [9.17, 15) is 0 Å². The zero-order valence-corrected chi connectivity index (χ0v) is 11.6. The Bertz CT molecular complexity index is 368. The molecule has 0 aliphatic heterocycles. The molecule has 16 heavy (non-hydrogen) atoms. The summed E-state index contributed by atoms with van der Waals surface area (Å²) in [5.41, 5.74) is 1.30. The minimum atomic E-state index is 0.350. The van der Waals surface area contributed by atoms with Crippen molar-refractivity contribution in [3.05, 3.63) is 61.2 Å². The van der Waals surface area contributed by atoms with Crippen molar-refractivity contribution in [3.8, 4) is 0 Å². The molecule has 2 heteroatoms. The van der Waals surface area contributed by atoms with E-state index < -0.39 is 0 Å². The second-order valence-corrected chi connectivity index (χ2v) is 4.65. The van der Waals surface area contributed by atoms with Gasteiger partial charge < -0.3 is 0 Å². The summed E-state index contributed by atoms with van der Waals surface area (Å²) in [5.74, 6) is 0.350. The molecule has 0 heterocycles. The molecule has 1 rings (SSSR count). The van der Waals surface area contributed by atoms with Crippen LogP contribution in [0.15, 0.2) is 60.6 Å². The second-order valence-electron chi connectivity index (χ2n) is 3.46. The van der Waals surface area contributed by atoms with Gasteiger partial charge >= 0.3 is 111 Å². The van der Waals surface area contributed by atoms with Gasteiger partial charge in [0.2, 0.25) is 0 Å². The van der Waals surface area contributed by atoms with E-state index in [1.165, 1.54) is 5.56 Å². The first-order valence-corrected chi connectivity index (χ1v) is 6.44. The summed E-state index contributed by atoms with van der Waals surface area (Å²) in [5, 5.41) is 0. The minimum absolute atomic E-state index is 0.350. The zero-order valence-electron chi connectivity index (χ0n) is 9.30. The number of allylic oxidation sites excluding steroid dienone is 1. The standard InChI is InChI=1S/C14H16NTe/c1-3-8-13(14(16)15-11-4-2)12-9-6-5-7-10-12/h3-7,9-10,13H,1-2,8,11H2. The molecular weight excluding hydrogens is 310 g/mol. The molecule has 1 radical (unpaired) electrons. The van der Waals surface area contributed by atoms with E-state index in [0.29, 0.717) is 12.5 Å². The third kappa shape index (κ3) is 3.96. The van der Waals surface area contributed by atoms with E-state index in [1.807, 2.05) is 40.5 Å². The average molecular weight is 326 g/mol. The fourth-order valence-electron chi connectivity index (χ4n) is 1.50. The van der Waals surface area contributed by atoms with E-state index in [-0.39, 0.29) is 0 Å². The average Bonchev–Trinajstić information content (AvgIpc) is 2.34. The molecule has 1 aromatic rings. The molecule has 0 aliphatic rings. The first-order valence-electron chi connectivity index (χ1n) is 5.27. The summed E-state index contributed by atoms with van der Waals surface area (Å²) in [6.45, 7) is 8.19. The maximum atomic E-state index is 4.49. The summed E-state index contributed by atoms with van der Waals surface area (Å²) >= 11 is 2.00. The normalized spacial score (nSPS) is 13.1. The molecular formula is C14H16NTe. The van der Waals surface area contributed by atoms with Gasteiger partial charge in [0.1, 0.15) is 0 Å². The maximum absolute atomic E-state index is 4.49. The molecule has 0 bridgehead atoms. The first kappa shape index (κ1) is 13.2. The van der Waals surface area contributed by atoms with Crippen molar-refractivity contribution in [2.45, 2.75) is 12.3 Å². The Hall–Kier alpha value is -0.840. The van der Waals surface area contributed by atoms with Crippen molar-refractivity contribution in [2.24, 2.45) is 4.99 Å². The van der Waals surface area contributed by atoms with Gasteiger partial charge in [0.25, 0.3) is 0 Å². The molecule has 0 aliphatic carbocycles. The fraction of sp³-hybridized carbons (Fsp3) is 0.214. The summed E-state index contributed by atoms with van der Waals surface area (Å²) in [7, 11) is 0. The Labute approximate surface area is 111 Å². The van der Waals surface area contributed by atoms with Crippen LogP contribution in [0, 0.1) is 0 Å². The van der Waals surface area contributed by atoms with Gasteiger partial charge in [-0.1, -0.05) is 0 Å². The van der Waals surface area contributed by atoms with Crippen LogP contribution in [-0.4, -0.2) is 32.6 Å². The van der Waals surface area contributed by atoms with Crippen molar-refractivity contribution in [1.29, 1.82) is 0 Å². The topological polar surface area (TPSA) is 12.4 Å². The molecule has 0 fully saturated rings. The van der Waals surface area contributed by atoms with Gasteiger partial charge in [-0.25, -0.2) is 0 Å². The van der Waals surface area contributed by atoms with Gasteiger partial charge in [0, 0.05) is 0 Å². The fourth-order valence-corrected chi connectivity index (χ4v) is 2.37. The Balaban J connectivity index is 2.90. The Kier molecular flexibility index (Phi) is 6.15. The van der Waals surface area contributed by atoms with Gasteiger partial charge in [-0.3, -0.25) is 0 Å². The van der Waals surface area contributed by atoms with E-state index in [2.05, 4.69) is 42.4 Å². The van der Waals surface area contributed by atoms with Crippen LogP contribution in [0.3, 0.4) is 0 Å². The third-order valence-electron chi connectivity index (χ3n) is 2.28. The van der Waals surface area contributed by atoms with Crippen LogP contribution >= 0.6 is 0 Å². The summed E-state index contributed by atoms with van der Waals surface area (Å²) in [4.78, 5) is 4.49.